The van der Waals surface area contributed by atoms with Gasteiger partial charge in [0.05, 0.1) is 22.5 Å². The van der Waals surface area contributed by atoms with Crippen LogP contribution < -0.4 is 9.47 Å². The van der Waals surface area contributed by atoms with Crippen LogP contribution in [-0.2, 0) is 17.9 Å². The maximum Gasteiger partial charge on any atom is 0.293 e. The monoisotopic (exact) mass is 591 g/mol. The van der Waals surface area contributed by atoms with Gasteiger partial charge < -0.3 is 9.47 Å². The van der Waals surface area contributed by atoms with E-state index in [1.807, 2.05) is 49.4 Å². The highest BCUT2D eigenvalue weighted by Crippen LogP contribution is 2.40. The van der Waals surface area contributed by atoms with Crippen molar-refractivity contribution in [3.8, 4) is 11.5 Å². The Morgan fingerprint density at radius 1 is 0.921 bits per heavy atom. The minimum Gasteiger partial charge on any atom is -0.490 e. The van der Waals surface area contributed by atoms with Gasteiger partial charge in [-0.15, -0.1) is 0 Å². The lowest BCUT2D eigenvalue weighted by molar-refractivity contribution is -0.123. The predicted octanol–water partition coefficient (Wildman–Crippen LogP) is 7.96. The number of carbonyl (C=O) groups is 2. The van der Waals surface area contributed by atoms with E-state index in [4.69, 9.17) is 9.47 Å². The van der Waals surface area contributed by atoms with Crippen molar-refractivity contribution in [1.29, 1.82) is 0 Å². The summed E-state index contributed by atoms with van der Waals surface area (Å²) in [6.45, 7) is 2.70. The molecule has 1 heterocycles. The molecule has 0 aromatic heterocycles. The van der Waals surface area contributed by atoms with Crippen molar-refractivity contribution in [1.82, 2.24) is 4.90 Å². The van der Waals surface area contributed by atoms with Gasteiger partial charge in [-0.25, -0.2) is 4.39 Å². The van der Waals surface area contributed by atoms with Gasteiger partial charge in [0, 0.05) is 0 Å². The summed E-state index contributed by atoms with van der Waals surface area (Å²) in [5.74, 6) is 0.346. The van der Waals surface area contributed by atoms with Crippen molar-refractivity contribution in [2.24, 2.45) is 0 Å². The zero-order chi connectivity index (χ0) is 26.6. The first-order valence-electron chi connectivity index (χ1n) is 12.0. The maximum absolute atomic E-state index is 13.2. The minimum absolute atomic E-state index is 0.205. The van der Waals surface area contributed by atoms with Gasteiger partial charge in [-0.3, -0.25) is 14.5 Å². The van der Waals surface area contributed by atoms with Crippen LogP contribution in [0.3, 0.4) is 0 Å². The molecule has 0 aliphatic carbocycles. The van der Waals surface area contributed by atoms with Crippen LogP contribution in [0.4, 0.5) is 9.18 Å². The first-order valence-corrected chi connectivity index (χ1v) is 13.6. The van der Waals surface area contributed by atoms with Crippen molar-refractivity contribution >= 4 is 55.7 Å². The fourth-order valence-electron chi connectivity index (χ4n) is 4.12. The van der Waals surface area contributed by atoms with Crippen LogP contribution in [0.5, 0.6) is 11.5 Å². The zero-order valence-electron chi connectivity index (χ0n) is 20.4. The van der Waals surface area contributed by atoms with E-state index in [-0.39, 0.29) is 30.1 Å². The SMILES string of the molecule is CCOc1cc(/C=C2\SC(=O)N(Cc3ccc4ccccc4c3)C2=O)cc(Br)c1OCc1ccc(F)cc1. The normalized spacial score (nSPS) is 14.5. The topological polar surface area (TPSA) is 55.8 Å². The van der Waals surface area contributed by atoms with Crippen LogP contribution >= 0.6 is 27.7 Å². The van der Waals surface area contributed by atoms with E-state index >= 15 is 0 Å². The van der Waals surface area contributed by atoms with Crippen molar-refractivity contribution in [2.45, 2.75) is 20.1 Å². The van der Waals surface area contributed by atoms with Crippen LogP contribution in [0.2, 0.25) is 0 Å². The van der Waals surface area contributed by atoms with Crippen LogP contribution in [0.25, 0.3) is 16.8 Å². The molecule has 0 atom stereocenters. The highest BCUT2D eigenvalue weighted by Gasteiger charge is 2.35. The van der Waals surface area contributed by atoms with Crippen molar-refractivity contribution in [3.05, 3.63) is 111 Å². The Bertz CT molecular complexity index is 1550. The summed E-state index contributed by atoms with van der Waals surface area (Å²) >= 11 is 4.46. The molecular weight excluding hydrogens is 569 g/mol. The number of halogens is 2. The molecule has 0 radical (unpaired) electrons. The van der Waals surface area contributed by atoms with Gasteiger partial charge >= 0.3 is 0 Å². The Balaban J connectivity index is 1.35. The average Bonchev–Trinajstić information content (AvgIpc) is 3.16. The number of fused-ring (bicyclic) bond motifs is 1. The van der Waals surface area contributed by atoms with Crippen LogP contribution in [-0.4, -0.2) is 22.7 Å². The first-order chi connectivity index (χ1) is 18.4. The summed E-state index contributed by atoms with van der Waals surface area (Å²) in [6, 6.07) is 23.6. The second kappa shape index (κ2) is 11.4. The molecule has 8 heteroatoms. The molecule has 38 heavy (non-hydrogen) atoms. The summed E-state index contributed by atoms with van der Waals surface area (Å²) in [4.78, 5) is 27.5. The summed E-state index contributed by atoms with van der Waals surface area (Å²) in [7, 11) is 0. The Morgan fingerprint density at radius 2 is 1.66 bits per heavy atom. The standard InChI is InChI=1S/C30H23BrFNO4S/c1-2-36-26-15-21(14-25(31)28(26)37-18-19-8-11-24(32)12-9-19)16-27-29(34)33(30(35)38-27)17-20-7-10-22-5-3-4-6-23(22)13-20/h3-16H,2,17-18H2,1H3/b27-16-. The van der Waals surface area contributed by atoms with E-state index in [9.17, 15) is 14.0 Å². The fourth-order valence-corrected chi connectivity index (χ4v) is 5.53. The lowest BCUT2D eigenvalue weighted by Crippen LogP contribution is -2.27. The van der Waals surface area contributed by atoms with Crippen molar-refractivity contribution in [3.63, 3.8) is 0 Å². The van der Waals surface area contributed by atoms with Crippen molar-refractivity contribution in [2.75, 3.05) is 6.61 Å². The molecule has 5 nitrogen and oxygen atoms in total. The van der Waals surface area contributed by atoms with E-state index < -0.39 is 0 Å². The highest BCUT2D eigenvalue weighted by atomic mass is 79.9. The number of carbonyl (C=O) groups excluding carboxylic acids is 2. The Morgan fingerprint density at radius 3 is 2.42 bits per heavy atom. The number of hydrogen-bond donors (Lipinski definition) is 0. The van der Waals surface area contributed by atoms with Crippen molar-refractivity contribution < 1.29 is 23.5 Å². The number of imide groups is 1. The molecular formula is C30H23BrFNO4S. The number of benzene rings is 4. The van der Waals surface area contributed by atoms with Gasteiger partial charge in [0.2, 0.25) is 0 Å². The molecule has 192 valence electrons. The molecule has 0 spiro atoms. The lowest BCUT2D eigenvalue weighted by Gasteiger charge is -2.15. The molecule has 1 aliphatic rings. The Hall–Kier alpha value is -3.62. The Labute approximate surface area is 232 Å². The summed E-state index contributed by atoms with van der Waals surface area (Å²) in [5.41, 5.74) is 2.38. The summed E-state index contributed by atoms with van der Waals surface area (Å²) < 4.78 is 25.6. The lowest BCUT2D eigenvalue weighted by atomic mass is 10.1. The Kier molecular flexibility index (Phi) is 7.81. The maximum atomic E-state index is 13.2. The molecule has 4 aromatic rings. The number of amides is 2. The van der Waals surface area contributed by atoms with Gasteiger partial charge in [0.15, 0.2) is 11.5 Å². The molecule has 5 rings (SSSR count). The quantitative estimate of drug-likeness (QED) is 0.194. The molecule has 0 bridgehead atoms. The molecule has 1 saturated heterocycles. The second-order valence-electron chi connectivity index (χ2n) is 8.63. The molecule has 0 unspecified atom stereocenters. The van der Waals surface area contributed by atoms with Gasteiger partial charge in [0.25, 0.3) is 11.1 Å². The predicted molar refractivity (Wildman–Crippen MR) is 152 cm³/mol. The number of hydrogen-bond acceptors (Lipinski definition) is 5. The van der Waals surface area contributed by atoms with E-state index in [0.717, 1.165) is 33.7 Å². The van der Waals surface area contributed by atoms with Gasteiger partial charge in [-0.2, -0.15) is 0 Å². The number of thioether (sulfide) groups is 1. The number of nitrogens with zero attached hydrogens (tertiary/aromatic N) is 1. The molecule has 0 saturated carbocycles. The molecule has 0 N–H and O–H groups in total. The number of ether oxygens (including phenoxy) is 2. The molecule has 1 aliphatic heterocycles. The minimum atomic E-state index is -0.334. The van der Waals surface area contributed by atoms with E-state index in [1.165, 1.54) is 17.0 Å². The third kappa shape index (κ3) is 5.76. The number of rotatable bonds is 8. The van der Waals surface area contributed by atoms with Gasteiger partial charge in [0.1, 0.15) is 12.4 Å². The second-order valence-corrected chi connectivity index (χ2v) is 10.5. The van der Waals surface area contributed by atoms with E-state index in [0.29, 0.717) is 33.0 Å². The van der Waals surface area contributed by atoms with Crippen LogP contribution in [0.1, 0.15) is 23.6 Å². The van der Waals surface area contributed by atoms with Gasteiger partial charge in [-0.1, -0.05) is 48.5 Å². The van der Waals surface area contributed by atoms with Gasteiger partial charge in [-0.05, 0) is 98.5 Å². The molecule has 1 fully saturated rings. The first kappa shape index (κ1) is 26.0. The summed E-state index contributed by atoms with van der Waals surface area (Å²) in [5, 5.41) is 1.85. The largest absolute Gasteiger partial charge is 0.490 e. The van der Waals surface area contributed by atoms with Crippen LogP contribution in [0.15, 0.2) is 88.2 Å². The zero-order valence-corrected chi connectivity index (χ0v) is 22.9. The van der Waals surface area contributed by atoms with Crippen LogP contribution in [0, 0.1) is 5.82 Å². The molecule has 2 amide bonds. The highest BCUT2D eigenvalue weighted by molar-refractivity contribution is 9.10. The fraction of sp³-hybridized carbons (Fsp3) is 0.133. The average molecular weight is 592 g/mol. The smallest absolute Gasteiger partial charge is 0.293 e. The third-order valence-corrected chi connectivity index (χ3v) is 7.45. The van der Waals surface area contributed by atoms with E-state index in [2.05, 4.69) is 15.9 Å². The third-order valence-electron chi connectivity index (χ3n) is 5.95. The molecule has 4 aromatic carbocycles. The summed E-state index contributed by atoms with van der Waals surface area (Å²) in [6.07, 6.45) is 1.68. The van der Waals surface area contributed by atoms with E-state index in [1.54, 1.807) is 30.3 Å².